The van der Waals surface area contributed by atoms with Crippen LogP contribution in [0, 0.1) is 0 Å². The summed E-state index contributed by atoms with van der Waals surface area (Å²) in [6, 6.07) is 11.1. The number of benzene rings is 2. The van der Waals surface area contributed by atoms with Crippen LogP contribution >= 0.6 is 11.3 Å². The van der Waals surface area contributed by atoms with Gasteiger partial charge in [-0.05, 0) is 19.1 Å². The highest BCUT2D eigenvalue weighted by Crippen LogP contribution is 2.37. The maximum Gasteiger partial charge on any atom is 0.292 e. The van der Waals surface area contributed by atoms with Gasteiger partial charge in [0.15, 0.2) is 27.8 Å². The molecule has 0 saturated carbocycles. The molecule has 0 N–H and O–H groups in total. The highest BCUT2D eigenvalue weighted by molar-refractivity contribution is 7.16. The van der Waals surface area contributed by atoms with Crippen LogP contribution in [0.3, 0.4) is 0 Å². The Balaban J connectivity index is 1.51. The van der Waals surface area contributed by atoms with Gasteiger partial charge in [-0.25, -0.2) is 0 Å². The van der Waals surface area contributed by atoms with Crippen molar-refractivity contribution in [3.05, 3.63) is 41.2 Å². The molecule has 0 unspecified atom stereocenters. The highest BCUT2D eigenvalue weighted by atomic mass is 32.1. The maximum absolute atomic E-state index is 12.7. The number of aromatic nitrogens is 1. The van der Waals surface area contributed by atoms with Crippen LogP contribution in [0.2, 0.25) is 0 Å². The second kappa shape index (κ2) is 6.31. The first-order valence-corrected chi connectivity index (χ1v) is 9.44. The number of rotatable bonds is 2. The Bertz CT molecular complexity index is 1120. The lowest BCUT2D eigenvalue weighted by Gasteiger charge is -2.23. The first kappa shape index (κ1) is 16.2. The van der Waals surface area contributed by atoms with Crippen LogP contribution in [-0.2, 0) is 11.3 Å². The topological polar surface area (TPSA) is 71.3 Å². The lowest BCUT2D eigenvalue weighted by atomic mass is 10.2. The summed E-state index contributed by atoms with van der Waals surface area (Å²) in [4.78, 5) is 17.6. The molecule has 1 aromatic heterocycles. The molecule has 3 heterocycles. The Labute approximate surface area is 158 Å². The number of carbonyl (C=O) groups is 1. The van der Waals surface area contributed by atoms with Crippen molar-refractivity contribution in [2.45, 2.75) is 19.6 Å². The molecular weight excluding hydrogens is 368 g/mol. The average Bonchev–Trinajstić information content (AvgIpc) is 3.28. The molecule has 27 heavy (non-hydrogen) atoms. The molecule has 0 aliphatic carbocycles. The third-order valence-corrected chi connectivity index (χ3v) is 5.52. The Hall–Kier alpha value is -3.00. The third kappa shape index (κ3) is 2.73. The number of carbonyl (C=O) groups excluding carboxylic acids is 1. The maximum atomic E-state index is 12.7. The number of fused-ring (bicyclic) bond motifs is 3. The molecule has 0 spiro atoms. The van der Waals surface area contributed by atoms with E-state index >= 15 is 0 Å². The fourth-order valence-corrected chi connectivity index (χ4v) is 4.27. The Kier molecular flexibility index (Phi) is 3.78. The summed E-state index contributed by atoms with van der Waals surface area (Å²) in [6.07, 6.45) is -0.757. The lowest BCUT2D eigenvalue weighted by Crippen LogP contribution is -2.36. The number of amides is 1. The minimum Gasteiger partial charge on any atom is -0.485 e. The summed E-state index contributed by atoms with van der Waals surface area (Å²) in [6.45, 7) is 3.06. The Morgan fingerprint density at radius 2 is 1.93 bits per heavy atom. The molecule has 138 valence electrons. The zero-order chi connectivity index (χ0) is 18.4. The summed E-state index contributed by atoms with van der Waals surface area (Å²) in [5, 5.41) is 0. The number of hydrogen-bond donors (Lipinski definition) is 0. The van der Waals surface area contributed by atoms with E-state index in [0.717, 1.165) is 10.2 Å². The van der Waals surface area contributed by atoms with Crippen molar-refractivity contribution in [2.24, 2.45) is 4.99 Å². The normalized spacial score (nSPS) is 18.1. The van der Waals surface area contributed by atoms with E-state index in [-0.39, 0.29) is 19.3 Å². The van der Waals surface area contributed by atoms with Crippen molar-refractivity contribution in [2.75, 3.05) is 13.4 Å². The summed E-state index contributed by atoms with van der Waals surface area (Å²) in [5.41, 5.74) is 0.962. The number of nitrogens with zero attached hydrogens (tertiary/aromatic N) is 2. The van der Waals surface area contributed by atoms with Gasteiger partial charge in [0.05, 0.1) is 10.2 Å². The zero-order valence-corrected chi connectivity index (χ0v) is 15.3. The van der Waals surface area contributed by atoms with E-state index in [1.54, 1.807) is 6.07 Å². The summed E-state index contributed by atoms with van der Waals surface area (Å²) in [5.74, 6) is 2.26. The van der Waals surface area contributed by atoms with E-state index in [1.807, 2.05) is 41.8 Å². The smallest absolute Gasteiger partial charge is 0.292 e. The molecule has 1 amide bonds. The van der Waals surface area contributed by atoms with Crippen LogP contribution in [0.1, 0.15) is 6.92 Å². The minimum atomic E-state index is -0.757. The largest absolute Gasteiger partial charge is 0.485 e. The standard InChI is InChI=1S/C19H16N2O5S/c1-2-21-11-7-14-15(25-10-24-14)8-17(11)27-19(21)20-18(22)16-9-23-12-5-3-4-6-13(12)26-16/h3-8,16H,2,9-10H2,1H3/t16-/m1/s1. The van der Waals surface area contributed by atoms with Crippen LogP contribution in [0.15, 0.2) is 41.4 Å². The van der Waals surface area contributed by atoms with Gasteiger partial charge < -0.3 is 23.5 Å². The molecule has 3 aromatic rings. The predicted molar refractivity (Wildman–Crippen MR) is 98.5 cm³/mol. The highest BCUT2D eigenvalue weighted by Gasteiger charge is 2.27. The van der Waals surface area contributed by atoms with Crippen molar-refractivity contribution < 1.29 is 23.7 Å². The summed E-state index contributed by atoms with van der Waals surface area (Å²) in [7, 11) is 0. The van der Waals surface area contributed by atoms with Gasteiger partial charge in [0.1, 0.15) is 6.61 Å². The van der Waals surface area contributed by atoms with Gasteiger partial charge in [-0.15, -0.1) is 0 Å². The number of para-hydroxylation sites is 2. The molecule has 1 atom stereocenters. The molecule has 0 saturated heterocycles. The zero-order valence-electron chi connectivity index (χ0n) is 14.5. The van der Waals surface area contributed by atoms with Crippen LogP contribution < -0.4 is 23.7 Å². The van der Waals surface area contributed by atoms with E-state index < -0.39 is 6.10 Å². The summed E-state index contributed by atoms with van der Waals surface area (Å²) >= 11 is 1.44. The molecule has 7 nitrogen and oxygen atoms in total. The molecule has 0 fully saturated rings. The van der Waals surface area contributed by atoms with Crippen LogP contribution in [-0.4, -0.2) is 30.0 Å². The molecular formula is C19H16N2O5S. The number of ether oxygens (including phenoxy) is 4. The molecule has 5 rings (SSSR count). The van der Waals surface area contributed by atoms with E-state index in [1.165, 1.54) is 11.3 Å². The van der Waals surface area contributed by atoms with E-state index in [2.05, 4.69) is 4.99 Å². The van der Waals surface area contributed by atoms with Gasteiger partial charge in [0.25, 0.3) is 5.91 Å². The summed E-state index contributed by atoms with van der Waals surface area (Å²) < 4.78 is 25.3. The number of aryl methyl sites for hydroxylation is 1. The third-order valence-electron chi connectivity index (χ3n) is 4.48. The molecule has 0 radical (unpaired) electrons. The SMILES string of the molecule is CCn1c(=NC(=O)[C@H]2COc3ccccc3O2)sc2cc3c(cc21)OCO3. The van der Waals surface area contributed by atoms with Gasteiger partial charge in [-0.3, -0.25) is 4.79 Å². The van der Waals surface area contributed by atoms with Crippen LogP contribution in [0.25, 0.3) is 10.2 Å². The fourth-order valence-electron chi connectivity index (χ4n) is 3.16. The van der Waals surface area contributed by atoms with Gasteiger partial charge in [-0.2, -0.15) is 4.99 Å². The number of hydrogen-bond acceptors (Lipinski definition) is 6. The molecule has 8 heteroatoms. The van der Waals surface area contributed by atoms with Gasteiger partial charge in [0, 0.05) is 18.7 Å². The van der Waals surface area contributed by atoms with Crippen molar-refractivity contribution in [3.8, 4) is 23.0 Å². The van der Waals surface area contributed by atoms with Crippen molar-refractivity contribution in [3.63, 3.8) is 0 Å². The second-order valence-electron chi connectivity index (χ2n) is 6.12. The monoisotopic (exact) mass is 384 g/mol. The van der Waals surface area contributed by atoms with E-state index in [9.17, 15) is 4.79 Å². The molecule has 2 aliphatic heterocycles. The van der Waals surface area contributed by atoms with Crippen LogP contribution in [0.4, 0.5) is 0 Å². The van der Waals surface area contributed by atoms with Crippen LogP contribution in [0.5, 0.6) is 23.0 Å². The second-order valence-corrected chi connectivity index (χ2v) is 7.13. The molecule has 2 aromatic carbocycles. The van der Waals surface area contributed by atoms with Crippen molar-refractivity contribution >= 4 is 27.5 Å². The average molecular weight is 384 g/mol. The van der Waals surface area contributed by atoms with Gasteiger partial charge >= 0.3 is 0 Å². The Morgan fingerprint density at radius 1 is 1.15 bits per heavy atom. The quantitative estimate of drug-likeness (QED) is 0.679. The predicted octanol–water partition coefficient (Wildman–Crippen LogP) is 2.72. The van der Waals surface area contributed by atoms with Gasteiger partial charge in [0.2, 0.25) is 12.9 Å². The molecule has 0 bridgehead atoms. The van der Waals surface area contributed by atoms with Crippen molar-refractivity contribution in [1.82, 2.24) is 4.57 Å². The minimum absolute atomic E-state index is 0.145. The first-order chi connectivity index (χ1) is 13.2. The van der Waals surface area contributed by atoms with Gasteiger partial charge in [-0.1, -0.05) is 23.5 Å². The lowest BCUT2D eigenvalue weighted by molar-refractivity contribution is -0.127. The number of thiazole rings is 1. The first-order valence-electron chi connectivity index (χ1n) is 8.63. The van der Waals surface area contributed by atoms with Crippen molar-refractivity contribution in [1.29, 1.82) is 0 Å². The fraction of sp³-hybridized carbons (Fsp3) is 0.263. The Morgan fingerprint density at radius 3 is 2.74 bits per heavy atom. The van der Waals surface area contributed by atoms with E-state index in [0.29, 0.717) is 34.3 Å². The molecule has 2 aliphatic rings. The van der Waals surface area contributed by atoms with E-state index in [4.69, 9.17) is 18.9 Å².